The predicted molar refractivity (Wildman–Crippen MR) is 71.2 cm³/mol. The summed E-state index contributed by atoms with van der Waals surface area (Å²) in [6.07, 6.45) is 1.77. The Balaban J connectivity index is 2.86. The van der Waals surface area contributed by atoms with E-state index in [1.54, 1.807) is 0 Å². The number of nitrogens with zero attached hydrogens (tertiary/aromatic N) is 2. The topological polar surface area (TPSA) is 47.6 Å². The van der Waals surface area contributed by atoms with Gasteiger partial charge in [-0.15, -0.1) is 0 Å². The van der Waals surface area contributed by atoms with Crippen molar-refractivity contribution in [3.63, 3.8) is 0 Å². The third-order valence-corrected chi connectivity index (χ3v) is 19.1. The molecule has 86 valence electrons. The van der Waals surface area contributed by atoms with Crippen LogP contribution in [0.3, 0.4) is 0 Å². The molecule has 5 heteroatoms. The second kappa shape index (κ2) is 5.60. The number of hydrogen-bond acceptors (Lipinski definition) is 2. The Kier molecular flexibility index (Phi) is 4.35. The van der Waals surface area contributed by atoms with Crippen LogP contribution in [0.1, 0.15) is 36.1 Å². The minimum atomic E-state index is 0.594. The zero-order chi connectivity index (χ0) is 12.4. The summed E-state index contributed by atoms with van der Waals surface area (Å²) in [6.45, 7) is 4.19. The Labute approximate surface area is 117 Å². The second-order valence-corrected chi connectivity index (χ2v) is 19.1. The van der Waals surface area contributed by atoms with Crippen LogP contribution >= 0.6 is 0 Å². The molecular weight excluding hydrogens is 409 g/mol. The van der Waals surface area contributed by atoms with Gasteiger partial charge in [-0.3, -0.25) is 0 Å². The van der Waals surface area contributed by atoms with Gasteiger partial charge < -0.3 is 0 Å². The standard InChI is InChI=1S/C12H10N2Se3/c1-3-7-9(5-13)10(6-14)8(4-2)12-11(7)15-17-16-12/h3-4H2,1-2H3. The molecule has 0 amide bonds. The van der Waals surface area contributed by atoms with E-state index in [2.05, 4.69) is 26.0 Å². The van der Waals surface area contributed by atoms with Gasteiger partial charge in [-0.25, -0.2) is 0 Å². The number of hydrogen-bond donors (Lipinski definition) is 0. The average Bonchev–Trinajstić information content (AvgIpc) is 2.84. The average molecular weight is 419 g/mol. The van der Waals surface area contributed by atoms with Gasteiger partial charge >= 0.3 is 118 Å². The molecule has 2 nitrogen and oxygen atoms in total. The van der Waals surface area contributed by atoms with Crippen molar-refractivity contribution in [3.05, 3.63) is 22.3 Å². The molecule has 0 saturated carbocycles. The van der Waals surface area contributed by atoms with Crippen LogP contribution in [0, 0.1) is 22.7 Å². The van der Waals surface area contributed by atoms with Gasteiger partial charge in [-0.2, -0.15) is 0 Å². The first-order valence-corrected chi connectivity index (χ1v) is 15.7. The van der Waals surface area contributed by atoms with Gasteiger partial charge in [0.15, 0.2) is 0 Å². The van der Waals surface area contributed by atoms with Crippen molar-refractivity contribution in [1.82, 2.24) is 0 Å². The van der Waals surface area contributed by atoms with Gasteiger partial charge in [0.05, 0.1) is 0 Å². The zero-order valence-electron chi connectivity index (χ0n) is 9.53. The molecule has 1 aliphatic rings. The summed E-state index contributed by atoms with van der Waals surface area (Å²) in [5.41, 5.74) is 3.69. The minimum absolute atomic E-state index is 0.594. The van der Waals surface area contributed by atoms with Gasteiger partial charge in [0, 0.05) is 0 Å². The quantitative estimate of drug-likeness (QED) is 0.622. The molecule has 17 heavy (non-hydrogen) atoms. The third kappa shape index (κ3) is 2.09. The van der Waals surface area contributed by atoms with E-state index in [0.29, 0.717) is 37.4 Å². The first-order chi connectivity index (χ1) is 8.28. The van der Waals surface area contributed by atoms with Crippen molar-refractivity contribution in [2.45, 2.75) is 26.7 Å². The molecule has 2 rings (SSSR count). The van der Waals surface area contributed by atoms with Gasteiger partial charge in [0.25, 0.3) is 0 Å². The molecule has 0 unspecified atom stereocenters. The molecule has 0 fully saturated rings. The van der Waals surface area contributed by atoms with Gasteiger partial charge in [0.2, 0.25) is 0 Å². The van der Waals surface area contributed by atoms with E-state index in [1.165, 1.54) is 20.1 Å². The van der Waals surface area contributed by atoms with Gasteiger partial charge in [-0.05, 0) is 0 Å². The van der Waals surface area contributed by atoms with Crippen molar-refractivity contribution in [1.29, 1.82) is 10.5 Å². The van der Waals surface area contributed by atoms with Crippen LogP contribution in [0.15, 0.2) is 0 Å². The van der Waals surface area contributed by atoms with E-state index in [-0.39, 0.29) is 0 Å². The number of fused-ring (bicyclic) bond motifs is 1. The summed E-state index contributed by atoms with van der Waals surface area (Å²) in [5, 5.41) is 18.7. The molecular formula is C12H10N2Se3. The van der Waals surface area contributed by atoms with E-state index >= 15 is 0 Å². The summed E-state index contributed by atoms with van der Waals surface area (Å²) in [5.74, 6) is 0. The van der Waals surface area contributed by atoms with Crippen LogP contribution in [0.25, 0.3) is 0 Å². The number of nitriles is 2. The molecule has 0 spiro atoms. The Hall–Kier alpha value is -0.242. The fraction of sp³-hybridized carbons (Fsp3) is 0.333. The van der Waals surface area contributed by atoms with Crippen LogP contribution < -0.4 is 8.92 Å². The summed E-state index contributed by atoms with van der Waals surface area (Å²) >= 11 is 1.94. The normalized spacial score (nSPS) is 12.9. The fourth-order valence-corrected chi connectivity index (χ4v) is 23.8. The Morgan fingerprint density at radius 1 is 0.882 bits per heavy atom. The van der Waals surface area contributed by atoms with E-state index in [4.69, 9.17) is 0 Å². The van der Waals surface area contributed by atoms with Crippen LogP contribution in [0.4, 0.5) is 0 Å². The monoisotopic (exact) mass is 422 g/mol. The molecule has 0 saturated heterocycles. The molecule has 1 aliphatic heterocycles. The SMILES string of the molecule is CCc1c(C#N)c(C#N)c(CC)c2c1[Se][Se][Se]2. The Morgan fingerprint density at radius 2 is 1.29 bits per heavy atom. The number of benzene rings is 1. The maximum absolute atomic E-state index is 9.33. The van der Waals surface area contributed by atoms with Crippen LogP contribution in [0.2, 0.25) is 0 Å². The molecule has 1 aromatic carbocycles. The molecule has 0 radical (unpaired) electrons. The Bertz CT molecular complexity index is 504. The van der Waals surface area contributed by atoms with E-state index < -0.39 is 0 Å². The summed E-state index contributed by atoms with van der Waals surface area (Å²) in [6, 6.07) is 4.54. The third-order valence-electron chi connectivity index (χ3n) is 2.77. The fourth-order valence-electron chi connectivity index (χ4n) is 1.99. The first-order valence-electron chi connectivity index (χ1n) is 5.31. The van der Waals surface area contributed by atoms with Gasteiger partial charge in [0.1, 0.15) is 0 Å². The van der Waals surface area contributed by atoms with Crippen molar-refractivity contribution in [3.8, 4) is 12.1 Å². The molecule has 0 aromatic heterocycles. The summed E-state index contributed by atoms with van der Waals surface area (Å²) in [7, 11) is 0. The molecule has 0 atom stereocenters. The van der Waals surface area contributed by atoms with E-state index in [0.717, 1.165) is 24.1 Å². The molecule has 0 bridgehead atoms. The van der Waals surface area contributed by atoms with Crippen molar-refractivity contribution < 1.29 is 0 Å². The maximum atomic E-state index is 9.33. The zero-order valence-corrected chi connectivity index (χ0v) is 14.7. The molecule has 1 aromatic rings. The van der Waals surface area contributed by atoms with E-state index in [1.807, 2.05) is 0 Å². The summed E-state index contributed by atoms with van der Waals surface area (Å²) < 4.78 is 2.96. The van der Waals surface area contributed by atoms with Crippen LogP contribution in [-0.4, -0.2) is 37.6 Å². The van der Waals surface area contributed by atoms with Crippen molar-refractivity contribution in [2.24, 2.45) is 0 Å². The van der Waals surface area contributed by atoms with Crippen molar-refractivity contribution in [2.75, 3.05) is 0 Å². The van der Waals surface area contributed by atoms with Crippen LogP contribution in [0.5, 0.6) is 0 Å². The molecule has 0 aliphatic carbocycles. The summed E-state index contributed by atoms with van der Waals surface area (Å²) in [4.78, 5) is 0. The Morgan fingerprint density at radius 3 is 1.59 bits per heavy atom. The van der Waals surface area contributed by atoms with Crippen LogP contribution in [-0.2, 0) is 12.8 Å². The predicted octanol–water partition coefficient (Wildman–Crippen LogP) is -0.238. The molecule has 1 heterocycles. The first kappa shape index (κ1) is 13.2. The second-order valence-electron chi connectivity index (χ2n) is 3.53. The number of rotatable bonds is 2. The van der Waals surface area contributed by atoms with Crippen molar-refractivity contribution >= 4 is 46.5 Å². The van der Waals surface area contributed by atoms with E-state index in [9.17, 15) is 10.5 Å². The van der Waals surface area contributed by atoms with Gasteiger partial charge in [-0.1, -0.05) is 0 Å². The molecule has 0 N–H and O–H groups in total.